The third kappa shape index (κ3) is 6.65. The number of halogens is 3. The highest BCUT2D eigenvalue weighted by Gasteiger charge is 2.36. The van der Waals surface area contributed by atoms with Crippen molar-refractivity contribution in [1.82, 2.24) is 14.7 Å². The fourth-order valence-electron chi connectivity index (χ4n) is 4.57. The molecule has 1 aromatic heterocycles. The fraction of sp³-hybridized carbons (Fsp3) is 0.357. The summed E-state index contributed by atoms with van der Waals surface area (Å²) < 4.78 is 45.5. The Morgan fingerprint density at radius 2 is 1.74 bits per heavy atom. The number of alkyl halides is 3. The average Bonchev–Trinajstić information content (AvgIpc) is 3.38. The number of benzene rings is 2. The molecule has 1 aliphatic rings. The minimum absolute atomic E-state index is 0.000793. The van der Waals surface area contributed by atoms with E-state index in [1.54, 1.807) is 69.3 Å². The van der Waals surface area contributed by atoms with Crippen molar-refractivity contribution in [2.24, 2.45) is 5.73 Å². The Hall–Kier alpha value is -4.15. The maximum absolute atomic E-state index is 13.2. The van der Waals surface area contributed by atoms with Gasteiger partial charge in [-0.1, -0.05) is 36.4 Å². The third-order valence-electron chi connectivity index (χ3n) is 6.14. The van der Waals surface area contributed by atoms with Crippen molar-refractivity contribution in [3.63, 3.8) is 0 Å². The van der Waals surface area contributed by atoms with Gasteiger partial charge in [0.2, 0.25) is 5.91 Å². The molecule has 0 fully saturated rings. The summed E-state index contributed by atoms with van der Waals surface area (Å²) in [6.45, 7) is 3.99. The van der Waals surface area contributed by atoms with Gasteiger partial charge in [0.05, 0.1) is 0 Å². The normalized spacial score (nSPS) is 14.3. The van der Waals surface area contributed by atoms with Crippen LogP contribution < -0.4 is 5.73 Å². The van der Waals surface area contributed by atoms with Crippen molar-refractivity contribution < 1.29 is 32.3 Å². The first-order valence-electron chi connectivity index (χ1n) is 12.4. The van der Waals surface area contributed by atoms with Gasteiger partial charge in [-0.15, -0.1) is 0 Å². The smallest absolute Gasteiger partial charge is 0.408 e. The minimum atomic E-state index is -4.45. The standard InChI is InChI=1S/C28H29F3N4O4/c1-27(2,3)39-23(36)12-11-22(25(32)37)35-14-19-13-18(9-10-20(19)26(35)38)21-15-34(16-28(29,30)31)33-24(21)17-7-5-4-6-8-17/h4-10,13,15,22H,11-12,14,16H2,1-3H3,(H2,32,37). The van der Waals surface area contributed by atoms with Gasteiger partial charge in [0, 0.05) is 35.9 Å². The van der Waals surface area contributed by atoms with Gasteiger partial charge in [0.15, 0.2) is 0 Å². The number of esters is 1. The van der Waals surface area contributed by atoms with Crippen LogP contribution in [0.1, 0.15) is 49.5 Å². The largest absolute Gasteiger partial charge is 0.460 e. The molecular weight excluding hydrogens is 513 g/mol. The van der Waals surface area contributed by atoms with E-state index >= 15 is 0 Å². The number of aromatic nitrogens is 2. The van der Waals surface area contributed by atoms with E-state index < -0.39 is 42.1 Å². The summed E-state index contributed by atoms with van der Waals surface area (Å²) >= 11 is 0. The number of nitrogens with zero attached hydrogens (tertiary/aromatic N) is 3. The van der Waals surface area contributed by atoms with Crippen LogP contribution in [0.3, 0.4) is 0 Å². The zero-order valence-corrected chi connectivity index (χ0v) is 21.8. The molecular formula is C28H29F3N4O4. The first kappa shape index (κ1) is 27.9. The molecule has 1 aliphatic heterocycles. The Morgan fingerprint density at radius 3 is 2.36 bits per heavy atom. The molecule has 2 amide bonds. The summed E-state index contributed by atoms with van der Waals surface area (Å²) in [7, 11) is 0. The number of carbonyl (C=O) groups is 3. The van der Waals surface area contributed by atoms with E-state index in [-0.39, 0.29) is 19.4 Å². The summed E-state index contributed by atoms with van der Waals surface area (Å²) in [6, 6.07) is 12.7. The predicted molar refractivity (Wildman–Crippen MR) is 137 cm³/mol. The second-order valence-corrected chi connectivity index (χ2v) is 10.4. The second-order valence-electron chi connectivity index (χ2n) is 10.4. The topological polar surface area (TPSA) is 108 Å². The quantitative estimate of drug-likeness (QED) is 0.415. The SMILES string of the molecule is CC(C)(C)OC(=O)CCC(C(N)=O)N1Cc2cc(-c3cn(CC(F)(F)F)nc3-c3ccccc3)ccc2C1=O. The van der Waals surface area contributed by atoms with Gasteiger partial charge < -0.3 is 15.4 Å². The highest BCUT2D eigenvalue weighted by molar-refractivity contribution is 6.01. The van der Waals surface area contributed by atoms with Crippen molar-refractivity contribution in [3.8, 4) is 22.4 Å². The number of amides is 2. The van der Waals surface area contributed by atoms with Crippen LogP contribution in [0.5, 0.6) is 0 Å². The lowest BCUT2D eigenvalue weighted by Crippen LogP contribution is -2.45. The maximum atomic E-state index is 13.2. The molecule has 11 heteroatoms. The van der Waals surface area contributed by atoms with Gasteiger partial charge in [0.1, 0.15) is 23.9 Å². The van der Waals surface area contributed by atoms with Crippen molar-refractivity contribution in [2.45, 2.75) is 64.5 Å². The van der Waals surface area contributed by atoms with Crippen LogP contribution in [0.4, 0.5) is 13.2 Å². The van der Waals surface area contributed by atoms with Gasteiger partial charge in [0.25, 0.3) is 5.91 Å². The molecule has 0 saturated heterocycles. The number of fused-ring (bicyclic) bond motifs is 1. The van der Waals surface area contributed by atoms with E-state index in [4.69, 9.17) is 10.5 Å². The maximum Gasteiger partial charge on any atom is 0.408 e. The molecule has 0 saturated carbocycles. The monoisotopic (exact) mass is 542 g/mol. The van der Waals surface area contributed by atoms with Gasteiger partial charge in [-0.25, -0.2) is 0 Å². The number of hydrogen-bond acceptors (Lipinski definition) is 5. The number of rotatable bonds is 8. The highest BCUT2D eigenvalue weighted by Crippen LogP contribution is 2.35. The van der Waals surface area contributed by atoms with Crippen LogP contribution in [0.15, 0.2) is 54.7 Å². The van der Waals surface area contributed by atoms with Crippen LogP contribution in [-0.2, 0) is 27.4 Å². The van der Waals surface area contributed by atoms with Crippen LogP contribution in [0, 0.1) is 0 Å². The predicted octanol–water partition coefficient (Wildman–Crippen LogP) is 4.71. The van der Waals surface area contributed by atoms with Crippen LogP contribution in [0.2, 0.25) is 0 Å². The Bertz CT molecular complexity index is 1390. The van der Waals surface area contributed by atoms with Gasteiger partial charge in [-0.2, -0.15) is 18.3 Å². The van der Waals surface area contributed by atoms with Crippen molar-refractivity contribution in [3.05, 3.63) is 65.9 Å². The highest BCUT2D eigenvalue weighted by atomic mass is 19.4. The number of nitrogens with two attached hydrogens (primary N) is 1. The molecule has 4 rings (SSSR count). The lowest BCUT2D eigenvalue weighted by molar-refractivity contribution is -0.155. The first-order valence-corrected chi connectivity index (χ1v) is 12.4. The number of ether oxygens (including phenoxy) is 1. The summed E-state index contributed by atoms with van der Waals surface area (Å²) in [5.41, 5.74) is 7.89. The molecule has 2 N–H and O–H groups in total. The molecule has 0 aliphatic carbocycles. The Kier molecular flexibility index (Phi) is 7.54. The molecule has 0 bridgehead atoms. The van der Waals surface area contributed by atoms with Gasteiger partial charge in [-0.05, 0) is 50.5 Å². The summed E-state index contributed by atoms with van der Waals surface area (Å²) in [4.78, 5) is 38.9. The molecule has 0 spiro atoms. The van der Waals surface area contributed by atoms with Crippen molar-refractivity contribution in [1.29, 1.82) is 0 Å². The third-order valence-corrected chi connectivity index (χ3v) is 6.14. The van der Waals surface area contributed by atoms with E-state index in [0.29, 0.717) is 33.5 Å². The molecule has 3 aromatic rings. The molecule has 206 valence electrons. The zero-order valence-electron chi connectivity index (χ0n) is 21.8. The molecule has 1 atom stereocenters. The van der Waals surface area contributed by atoms with Crippen LogP contribution in [0.25, 0.3) is 22.4 Å². The van der Waals surface area contributed by atoms with E-state index in [2.05, 4.69) is 5.10 Å². The molecule has 0 radical (unpaired) electrons. The summed E-state index contributed by atoms with van der Waals surface area (Å²) in [5.74, 6) is -1.68. The zero-order chi connectivity index (χ0) is 28.5. The van der Waals surface area contributed by atoms with E-state index in [0.717, 1.165) is 4.68 Å². The Balaban J connectivity index is 1.62. The second kappa shape index (κ2) is 10.5. The Morgan fingerprint density at radius 1 is 1.05 bits per heavy atom. The lowest BCUT2D eigenvalue weighted by Gasteiger charge is -2.25. The van der Waals surface area contributed by atoms with Gasteiger partial charge in [-0.3, -0.25) is 19.1 Å². The minimum Gasteiger partial charge on any atom is -0.460 e. The summed E-state index contributed by atoms with van der Waals surface area (Å²) in [6.07, 6.45) is -3.22. The van der Waals surface area contributed by atoms with E-state index in [1.807, 2.05) is 0 Å². The molecule has 8 nitrogen and oxygen atoms in total. The average molecular weight is 543 g/mol. The first-order chi connectivity index (χ1) is 18.2. The van der Waals surface area contributed by atoms with E-state index in [9.17, 15) is 27.6 Å². The summed E-state index contributed by atoms with van der Waals surface area (Å²) in [5, 5.41) is 4.20. The number of carbonyl (C=O) groups excluding carboxylic acids is 3. The molecule has 2 aromatic carbocycles. The fourth-order valence-corrected chi connectivity index (χ4v) is 4.57. The van der Waals surface area contributed by atoms with Crippen molar-refractivity contribution >= 4 is 17.8 Å². The van der Waals surface area contributed by atoms with Crippen LogP contribution in [-0.4, -0.2) is 50.3 Å². The molecule has 1 unspecified atom stereocenters. The van der Waals surface area contributed by atoms with Crippen LogP contribution >= 0.6 is 0 Å². The molecule has 2 heterocycles. The van der Waals surface area contributed by atoms with E-state index in [1.165, 1.54) is 11.1 Å². The Labute approximate surface area is 223 Å². The number of primary amides is 1. The van der Waals surface area contributed by atoms with Gasteiger partial charge >= 0.3 is 12.1 Å². The lowest BCUT2D eigenvalue weighted by atomic mass is 9.98. The van der Waals surface area contributed by atoms with Crippen molar-refractivity contribution in [2.75, 3.05) is 0 Å². The number of hydrogen-bond donors (Lipinski definition) is 1. The molecule has 39 heavy (non-hydrogen) atoms.